The van der Waals surface area contributed by atoms with Crippen LogP contribution in [-0.2, 0) is 12.8 Å². The Kier molecular flexibility index (Phi) is 10.2. The van der Waals surface area contributed by atoms with Crippen molar-refractivity contribution in [3.05, 3.63) is 16.1 Å². The van der Waals surface area contributed by atoms with Gasteiger partial charge in [-0.2, -0.15) is 13.2 Å². The van der Waals surface area contributed by atoms with Gasteiger partial charge in [0, 0.05) is 36.6 Å². The Balaban J connectivity index is 0.00000338. The molecule has 1 aliphatic rings. The van der Waals surface area contributed by atoms with Crippen molar-refractivity contribution < 1.29 is 13.2 Å². The number of guanidine groups is 1. The molecule has 26 heavy (non-hydrogen) atoms. The SMILES string of the molecule is CCNC(=NCCc1ncc(CC)s1)NC1CCCC(C(F)(F)F)C1.I. The smallest absolute Gasteiger partial charge is 0.357 e. The van der Waals surface area contributed by atoms with E-state index in [1.807, 2.05) is 13.1 Å². The van der Waals surface area contributed by atoms with Gasteiger partial charge in [0.05, 0.1) is 10.9 Å². The standard InChI is InChI=1S/C17H27F3N4S.HI/c1-3-14-11-23-15(25-14)8-9-22-16(21-4-2)24-13-7-5-6-12(10-13)17(18,19)20;/h11-13H,3-10H2,1-2H3,(H2,21,22,24);1H. The van der Waals surface area contributed by atoms with Crippen LogP contribution in [-0.4, -0.2) is 36.3 Å². The molecule has 0 amide bonds. The maximum Gasteiger partial charge on any atom is 0.391 e. The first-order valence-corrected chi connectivity index (χ1v) is 9.79. The second-order valence-electron chi connectivity index (χ2n) is 6.33. The van der Waals surface area contributed by atoms with Crippen LogP contribution < -0.4 is 10.6 Å². The molecule has 0 aliphatic heterocycles. The third-order valence-corrected chi connectivity index (χ3v) is 5.57. The molecule has 1 heterocycles. The molecule has 9 heteroatoms. The second-order valence-corrected chi connectivity index (χ2v) is 7.53. The Morgan fingerprint density at radius 1 is 1.35 bits per heavy atom. The molecule has 1 aromatic rings. The molecule has 1 fully saturated rings. The summed E-state index contributed by atoms with van der Waals surface area (Å²) in [5, 5.41) is 7.36. The Morgan fingerprint density at radius 3 is 2.73 bits per heavy atom. The summed E-state index contributed by atoms with van der Waals surface area (Å²) < 4.78 is 38.8. The molecule has 1 aromatic heterocycles. The monoisotopic (exact) mass is 504 g/mol. The van der Waals surface area contributed by atoms with Gasteiger partial charge in [0.25, 0.3) is 0 Å². The number of aryl methyl sites for hydroxylation is 1. The summed E-state index contributed by atoms with van der Waals surface area (Å²) in [6.07, 6.45) is 1.23. The molecule has 1 saturated carbocycles. The average Bonchev–Trinajstić information content (AvgIpc) is 3.02. The van der Waals surface area contributed by atoms with Gasteiger partial charge in [-0.1, -0.05) is 13.3 Å². The van der Waals surface area contributed by atoms with Gasteiger partial charge in [-0.3, -0.25) is 4.99 Å². The van der Waals surface area contributed by atoms with Gasteiger partial charge in [-0.25, -0.2) is 4.98 Å². The van der Waals surface area contributed by atoms with Crippen LogP contribution in [0.15, 0.2) is 11.2 Å². The highest BCUT2D eigenvalue weighted by molar-refractivity contribution is 14.0. The fourth-order valence-corrected chi connectivity index (χ4v) is 3.87. The summed E-state index contributed by atoms with van der Waals surface area (Å²) in [5.41, 5.74) is 0. The Morgan fingerprint density at radius 2 is 2.12 bits per heavy atom. The maximum atomic E-state index is 12.9. The summed E-state index contributed by atoms with van der Waals surface area (Å²) in [6, 6.07) is -0.176. The molecule has 1 aliphatic carbocycles. The van der Waals surface area contributed by atoms with Crippen LogP contribution in [0.3, 0.4) is 0 Å². The highest BCUT2D eigenvalue weighted by Gasteiger charge is 2.42. The number of rotatable bonds is 6. The Hall–Kier alpha value is -0.580. The predicted octanol–water partition coefficient (Wildman–Crippen LogP) is 4.54. The van der Waals surface area contributed by atoms with E-state index in [1.54, 1.807) is 11.3 Å². The zero-order valence-electron chi connectivity index (χ0n) is 15.2. The van der Waals surface area contributed by atoms with Crippen molar-refractivity contribution in [3.8, 4) is 0 Å². The predicted molar refractivity (Wildman–Crippen MR) is 112 cm³/mol. The molecule has 0 bridgehead atoms. The van der Waals surface area contributed by atoms with Crippen LogP contribution >= 0.6 is 35.3 Å². The quantitative estimate of drug-likeness (QED) is 0.340. The molecule has 2 N–H and O–H groups in total. The van der Waals surface area contributed by atoms with Crippen molar-refractivity contribution in [1.82, 2.24) is 15.6 Å². The number of nitrogens with one attached hydrogen (secondary N) is 2. The molecule has 0 saturated heterocycles. The van der Waals surface area contributed by atoms with Crippen molar-refractivity contribution in [3.63, 3.8) is 0 Å². The van der Waals surface area contributed by atoms with E-state index in [0.29, 0.717) is 25.5 Å². The molecule has 2 unspecified atom stereocenters. The van der Waals surface area contributed by atoms with Gasteiger partial charge in [-0.05, 0) is 32.6 Å². The van der Waals surface area contributed by atoms with E-state index >= 15 is 0 Å². The van der Waals surface area contributed by atoms with Gasteiger partial charge in [0.15, 0.2) is 5.96 Å². The van der Waals surface area contributed by atoms with Gasteiger partial charge < -0.3 is 10.6 Å². The summed E-state index contributed by atoms with van der Waals surface area (Å²) in [7, 11) is 0. The van der Waals surface area contributed by atoms with Crippen molar-refractivity contribution in [2.24, 2.45) is 10.9 Å². The molecule has 0 spiro atoms. The summed E-state index contributed by atoms with van der Waals surface area (Å²) in [4.78, 5) is 10.1. The molecule has 4 nitrogen and oxygen atoms in total. The zero-order chi connectivity index (χ0) is 18.3. The summed E-state index contributed by atoms with van der Waals surface area (Å²) >= 11 is 1.69. The first kappa shape index (κ1) is 23.5. The Bertz CT molecular complexity index is 562. The Labute approximate surface area is 174 Å². The highest BCUT2D eigenvalue weighted by atomic mass is 127. The van der Waals surface area contributed by atoms with Crippen LogP contribution in [0.25, 0.3) is 0 Å². The lowest BCUT2D eigenvalue weighted by atomic mass is 9.85. The molecule has 0 radical (unpaired) electrons. The van der Waals surface area contributed by atoms with Crippen LogP contribution in [0, 0.1) is 5.92 Å². The average molecular weight is 504 g/mol. The highest BCUT2D eigenvalue weighted by Crippen LogP contribution is 2.37. The van der Waals surface area contributed by atoms with Gasteiger partial charge in [0.1, 0.15) is 0 Å². The summed E-state index contributed by atoms with van der Waals surface area (Å²) in [5.74, 6) is -0.605. The number of nitrogens with zero attached hydrogens (tertiary/aromatic N) is 2. The van der Waals surface area contributed by atoms with Crippen molar-refractivity contribution in [1.29, 1.82) is 0 Å². The molecule has 2 atom stereocenters. The number of hydrogen-bond donors (Lipinski definition) is 2. The fraction of sp³-hybridized carbons (Fsp3) is 0.765. The minimum absolute atomic E-state index is 0. The van der Waals surface area contributed by atoms with Gasteiger partial charge >= 0.3 is 6.18 Å². The minimum Gasteiger partial charge on any atom is -0.357 e. The lowest BCUT2D eigenvalue weighted by molar-refractivity contribution is -0.183. The lowest BCUT2D eigenvalue weighted by Gasteiger charge is -2.31. The first-order chi connectivity index (χ1) is 11.9. The maximum absolute atomic E-state index is 12.9. The van der Waals surface area contributed by atoms with E-state index in [0.717, 1.165) is 24.3 Å². The van der Waals surface area contributed by atoms with Gasteiger partial charge in [-0.15, -0.1) is 35.3 Å². The normalized spacial score (nSPS) is 21.2. The number of alkyl halides is 3. The van der Waals surface area contributed by atoms with E-state index < -0.39 is 12.1 Å². The van der Waals surface area contributed by atoms with E-state index in [2.05, 4.69) is 27.5 Å². The molecule has 0 aromatic carbocycles. The molecular weight excluding hydrogens is 476 g/mol. The summed E-state index contributed by atoms with van der Waals surface area (Å²) in [6.45, 7) is 5.30. The third-order valence-electron chi connectivity index (χ3n) is 4.37. The van der Waals surface area contributed by atoms with Crippen molar-refractivity contribution in [2.45, 2.75) is 64.6 Å². The van der Waals surface area contributed by atoms with E-state index in [9.17, 15) is 13.2 Å². The largest absolute Gasteiger partial charge is 0.391 e. The number of hydrogen-bond acceptors (Lipinski definition) is 3. The van der Waals surface area contributed by atoms with E-state index in [-0.39, 0.29) is 42.9 Å². The van der Waals surface area contributed by atoms with Crippen LogP contribution in [0.1, 0.15) is 49.4 Å². The number of thiazole rings is 1. The van der Waals surface area contributed by atoms with Crippen LogP contribution in [0.2, 0.25) is 0 Å². The second kappa shape index (κ2) is 11.3. The van der Waals surface area contributed by atoms with E-state index in [4.69, 9.17) is 0 Å². The van der Waals surface area contributed by atoms with Crippen molar-refractivity contribution in [2.75, 3.05) is 13.1 Å². The zero-order valence-corrected chi connectivity index (χ0v) is 18.4. The van der Waals surface area contributed by atoms with Crippen LogP contribution in [0.5, 0.6) is 0 Å². The topological polar surface area (TPSA) is 49.3 Å². The minimum atomic E-state index is -4.10. The first-order valence-electron chi connectivity index (χ1n) is 8.97. The molecule has 150 valence electrons. The lowest BCUT2D eigenvalue weighted by Crippen LogP contribution is -2.46. The van der Waals surface area contributed by atoms with Crippen LogP contribution in [0.4, 0.5) is 13.2 Å². The van der Waals surface area contributed by atoms with Gasteiger partial charge in [0.2, 0.25) is 0 Å². The number of aliphatic imine (C=N–C) groups is 1. The van der Waals surface area contributed by atoms with E-state index in [1.165, 1.54) is 4.88 Å². The number of halogens is 4. The molecule has 2 rings (SSSR count). The molecular formula is C17H28F3IN4S. The fourth-order valence-electron chi connectivity index (χ4n) is 3.02. The number of aromatic nitrogens is 1. The third kappa shape index (κ3) is 7.58. The van der Waals surface area contributed by atoms with Crippen molar-refractivity contribution >= 4 is 41.3 Å².